The molecule has 0 aliphatic heterocycles. The largest absolute Gasteiger partial charge is 2.00 e. The third-order valence-electron chi connectivity index (χ3n) is 0.500. The third-order valence-corrected chi connectivity index (χ3v) is 13.5. The van der Waals surface area contributed by atoms with E-state index in [9.17, 15) is 28.8 Å². The van der Waals surface area contributed by atoms with E-state index in [1.807, 2.05) is 0 Å². The maximum atomic E-state index is 9.50. The Labute approximate surface area is 202 Å². The second-order valence-electron chi connectivity index (χ2n) is 1.41. The molecule has 0 aromatic carbocycles. The predicted octanol–water partition coefficient (Wildman–Crippen LogP) is -9.57. The van der Waals surface area contributed by atoms with Crippen LogP contribution in [0.4, 0.5) is 0 Å². The minimum Gasteiger partial charge on any atom is -0.875 e. The first-order valence-electron chi connectivity index (χ1n) is 2.45. The molecule has 0 aromatic rings. The second kappa shape index (κ2) is 17.8. The summed E-state index contributed by atoms with van der Waals surface area (Å²) in [6.07, 6.45) is 0. The van der Waals surface area contributed by atoms with Crippen LogP contribution in [-0.4, -0.2) is 159 Å². The van der Waals surface area contributed by atoms with Gasteiger partial charge in [0.1, 0.15) is 0 Å². The molecule has 0 amide bonds. The van der Waals surface area contributed by atoms with E-state index in [1.54, 1.807) is 0 Å². The predicted molar refractivity (Wildman–Crippen MR) is 61.0 cm³/mol. The van der Waals surface area contributed by atoms with Crippen molar-refractivity contribution in [3.05, 3.63) is 0 Å². The maximum Gasteiger partial charge on any atom is 2.00 e. The molecule has 0 radical (unpaired) electrons. The monoisotopic (exact) mass is 394 g/mol. The molecule has 6 nitrogen and oxygen atoms in total. The van der Waals surface area contributed by atoms with E-state index >= 15 is 0 Å². The third kappa shape index (κ3) is 45.1. The van der Waals surface area contributed by atoms with Crippen molar-refractivity contribution in [1.82, 2.24) is 0 Å². The van der Waals surface area contributed by atoms with Gasteiger partial charge in [0, 0.05) is 0 Å². The molecule has 0 fully saturated rings. The van der Waals surface area contributed by atoms with Crippen LogP contribution in [0, 0.1) is 0 Å². The van der Waals surface area contributed by atoms with Crippen LogP contribution >= 0.6 is 19.2 Å². The Hall–Kier alpha value is 5.74. The molecule has 0 heterocycles. The van der Waals surface area contributed by atoms with Gasteiger partial charge in [0.05, 0.1) is 0 Å². The van der Waals surface area contributed by atoms with Gasteiger partial charge in [-0.25, -0.2) is 15.9 Å². The Bertz CT molecular complexity index is 106. The zero-order chi connectivity index (χ0) is 10.4. The van der Waals surface area contributed by atoms with Crippen LogP contribution in [-0.2, 0) is 0 Å². The molecule has 15 heteroatoms. The van der Waals surface area contributed by atoms with E-state index in [2.05, 4.69) is 0 Å². The van der Waals surface area contributed by atoms with Crippen molar-refractivity contribution in [3.8, 4) is 0 Å². The molecule has 0 aromatic heterocycles. The molecule has 0 unspecified atom stereocenters. The standard InChI is InChI=1S/2Al.3Ca.2O3SSi.4H/c;;;;;2*1-5(2,3)4;;;;/q2*+1;3*+2;2*-4;;;;. The fraction of sp³-hybridized carbons (Fsp3) is 0. The van der Waals surface area contributed by atoms with Gasteiger partial charge in [-0.05, 0) is 0 Å². The van der Waals surface area contributed by atoms with Gasteiger partial charge < -0.3 is 47.9 Å². The van der Waals surface area contributed by atoms with Gasteiger partial charge in [0.15, 0.2) is 0 Å². The molecule has 0 saturated carbocycles. The maximum absolute atomic E-state index is 9.50. The minimum atomic E-state index is -4.40. The van der Waals surface area contributed by atoms with Crippen LogP contribution in [0.5, 0.6) is 0 Å². The molecule has 0 aliphatic carbocycles. The Morgan fingerprint density at radius 3 is 0.667 bits per heavy atom. The normalized spacial score (nSPS) is 9.47. The molecular weight excluding hydrogens is 390 g/mol. The van der Waals surface area contributed by atoms with Gasteiger partial charge in [0.25, 0.3) is 30.3 Å². The molecule has 72 valence electrons. The molecule has 0 saturated heterocycles. The summed E-state index contributed by atoms with van der Waals surface area (Å²) in [7, 11) is -7.82. The van der Waals surface area contributed by atoms with Gasteiger partial charge in [-0.15, -0.1) is 0 Å². The Morgan fingerprint density at radius 1 is 0.600 bits per heavy atom. The molecule has 0 atom stereocenters. The Kier molecular flexibility index (Phi) is 38.7. The zero-order valence-electron chi connectivity index (χ0n) is 8.39. The first-order chi connectivity index (χ1) is 5.12. The molecule has 15 heavy (non-hydrogen) atoms. The van der Waals surface area contributed by atoms with Gasteiger partial charge in [0.2, 0.25) is 0 Å². The van der Waals surface area contributed by atoms with Crippen LogP contribution in [0.25, 0.3) is 0 Å². The topological polar surface area (TPSA) is 138 Å². The van der Waals surface area contributed by atoms with E-state index in [4.69, 9.17) is 0 Å². The number of hydrogen-bond acceptors (Lipinski definition) is 8. The van der Waals surface area contributed by atoms with E-state index in [-0.39, 0.29) is 113 Å². The summed E-state index contributed by atoms with van der Waals surface area (Å²) in [5.74, 6) is 0. The summed E-state index contributed by atoms with van der Waals surface area (Å²) < 4.78 is 0. The SMILES string of the molecule is [Ca+2].[Ca+2].[Ca+2].[O-][Si]([O-])([O-])[S][AlH2].[O-][Si]([O-])([O-])[S][AlH2]. The Morgan fingerprint density at radius 2 is 0.667 bits per heavy atom. The molecule has 0 spiro atoms. The number of hydrogen-bond donors (Lipinski definition) is 0. The molecule has 0 bridgehead atoms. The molecule has 0 aliphatic rings. The van der Waals surface area contributed by atoms with Crippen LogP contribution in [0.1, 0.15) is 0 Å². The van der Waals surface area contributed by atoms with Crippen molar-refractivity contribution in [3.63, 3.8) is 0 Å². The molecule has 0 N–H and O–H groups in total. The van der Waals surface area contributed by atoms with Crippen LogP contribution < -0.4 is 28.8 Å². The quantitative estimate of drug-likeness (QED) is 0.421. The van der Waals surface area contributed by atoms with Gasteiger partial charge >= 0.3 is 113 Å². The average molecular weight is 395 g/mol. The average Bonchev–Trinajstić information content (AvgIpc) is 1.86. The summed E-state index contributed by atoms with van der Waals surface area (Å²) in [4.78, 5) is 57.0. The van der Waals surface area contributed by atoms with E-state index in [0.717, 1.165) is 0 Å². The zero-order valence-corrected chi connectivity index (χ0v) is 22.6. The van der Waals surface area contributed by atoms with Crippen LogP contribution in [0.2, 0.25) is 0 Å². The van der Waals surface area contributed by atoms with Crippen molar-refractivity contribution < 1.29 is 28.8 Å². The van der Waals surface area contributed by atoms with Gasteiger partial charge in [-0.2, -0.15) is 0 Å². The van der Waals surface area contributed by atoms with Crippen molar-refractivity contribution in [1.29, 1.82) is 0 Å². The number of rotatable bonds is 2. The van der Waals surface area contributed by atoms with E-state index in [1.165, 1.54) is 0 Å². The van der Waals surface area contributed by atoms with E-state index in [0.29, 0.717) is 49.5 Å². The van der Waals surface area contributed by atoms with Crippen LogP contribution in [0.3, 0.4) is 0 Å². The first kappa shape index (κ1) is 32.6. The Balaban J connectivity index is -0.0000000370. The summed E-state index contributed by atoms with van der Waals surface area (Å²) in [6, 6.07) is 0. The summed E-state index contributed by atoms with van der Waals surface area (Å²) in [5.41, 5.74) is 0. The second-order valence-corrected chi connectivity index (χ2v) is 17.0. The van der Waals surface area contributed by atoms with Gasteiger partial charge in [-0.3, -0.25) is 0 Å². The molecular formula is H4Al2Ca3O6S2Si2. The van der Waals surface area contributed by atoms with Gasteiger partial charge in [-0.1, -0.05) is 0 Å². The van der Waals surface area contributed by atoms with Crippen molar-refractivity contribution in [2.75, 3.05) is 0 Å². The van der Waals surface area contributed by atoms with E-state index < -0.39 is 15.9 Å². The summed E-state index contributed by atoms with van der Waals surface area (Å²) >= 11 is 0.778. The van der Waals surface area contributed by atoms with Crippen LogP contribution in [0.15, 0.2) is 0 Å². The minimum absolute atomic E-state index is 0. The van der Waals surface area contributed by atoms with Crippen molar-refractivity contribution in [2.45, 2.75) is 0 Å². The summed E-state index contributed by atoms with van der Waals surface area (Å²) in [5, 5.41) is 0. The summed E-state index contributed by atoms with van der Waals surface area (Å²) in [6.45, 7) is 0. The first-order valence-corrected chi connectivity index (χ1v) is 14.7. The molecule has 0 rings (SSSR count). The fourth-order valence-electron chi connectivity index (χ4n) is 0. The van der Waals surface area contributed by atoms with Crippen molar-refractivity contribution in [2.24, 2.45) is 0 Å². The fourth-order valence-corrected chi connectivity index (χ4v) is 0. The smallest absolute Gasteiger partial charge is 0.875 e. The van der Waals surface area contributed by atoms with Crippen molar-refractivity contribution >= 4 is 179 Å².